The molecule has 0 unspecified atom stereocenters. The number of carbonyl (C=O) groups excluding carboxylic acids is 1. The highest BCUT2D eigenvalue weighted by molar-refractivity contribution is 6.05. The number of fused-ring (bicyclic) bond motifs is 1. The first kappa shape index (κ1) is 17.0. The number of aromatic nitrogens is 2. The molecule has 0 radical (unpaired) electrons. The number of amides is 1. The van der Waals surface area contributed by atoms with Gasteiger partial charge in [0.15, 0.2) is 0 Å². The molecule has 1 aromatic carbocycles. The lowest BCUT2D eigenvalue weighted by atomic mass is 10.0. The molecule has 4 rings (SSSR count). The second-order valence-corrected chi connectivity index (χ2v) is 6.87. The third-order valence-electron chi connectivity index (χ3n) is 5.37. The molecule has 0 N–H and O–H groups in total. The summed E-state index contributed by atoms with van der Waals surface area (Å²) in [4.78, 5) is 28.3. The molecule has 2 aliphatic rings. The van der Waals surface area contributed by atoms with E-state index in [4.69, 9.17) is 0 Å². The summed E-state index contributed by atoms with van der Waals surface area (Å²) in [6.45, 7) is 7.94. The topological polar surface area (TPSA) is 52.6 Å². The smallest absolute Gasteiger partial charge is 0.277 e. The van der Waals surface area contributed by atoms with Gasteiger partial charge < -0.3 is 14.7 Å². The van der Waals surface area contributed by atoms with Crippen LogP contribution in [-0.4, -0.2) is 60.0 Å². The van der Waals surface area contributed by atoms with E-state index in [0.717, 1.165) is 63.6 Å². The number of hydrogen-bond donors (Lipinski definition) is 0. The zero-order valence-electron chi connectivity index (χ0n) is 15.3. The predicted molar refractivity (Wildman–Crippen MR) is 103 cm³/mol. The summed E-state index contributed by atoms with van der Waals surface area (Å²) in [5, 5.41) is 0. The first-order chi connectivity index (χ1) is 12.8. The van der Waals surface area contributed by atoms with Crippen molar-refractivity contribution < 1.29 is 4.79 Å². The Morgan fingerprint density at radius 2 is 1.88 bits per heavy atom. The Morgan fingerprint density at radius 3 is 2.69 bits per heavy atom. The third kappa shape index (κ3) is 3.29. The number of nitrogens with zero attached hydrogens (tertiary/aromatic N) is 5. The van der Waals surface area contributed by atoms with E-state index < -0.39 is 0 Å². The molecule has 0 aliphatic carbocycles. The fourth-order valence-corrected chi connectivity index (χ4v) is 3.81. The molecule has 1 saturated heterocycles. The summed E-state index contributed by atoms with van der Waals surface area (Å²) in [5.41, 5.74) is 2.72. The van der Waals surface area contributed by atoms with E-state index in [1.165, 1.54) is 11.9 Å². The van der Waals surface area contributed by atoms with Crippen LogP contribution >= 0.6 is 0 Å². The molecule has 2 aliphatic heterocycles. The molecule has 0 spiro atoms. The molecule has 0 saturated carbocycles. The van der Waals surface area contributed by atoms with Gasteiger partial charge in [-0.05, 0) is 31.0 Å². The summed E-state index contributed by atoms with van der Waals surface area (Å²) in [7, 11) is 0. The molecule has 6 nitrogen and oxygen atoms in total. The van der Waals surface area contributed by atoms with E-state index in [1.807, 2.05) is 29.2 Å². The van der Waals surface area contributed by atoms with E-state index >= 15 is 0 Å². The predicted octanol–water partition coefficient (Wildman–Crippen LogP) is 2.21. The Labute approximate surface area is 154 Å². The SMILES string of the molecule is CCN1CCN(c2cc(C(=O)N3CCCc4ccccc43)ncn2)CC1. The van der Waals surface area contributed by atoms with Crippen molar-refractivity contribution in [2.45, 2.75) is 19.8 Å². The van der Waals surface area contributed by atoms with Gasteiger partial charge in [-0.25, -0.2) is 9.97 Å². The molecule has 1 fully saturated rings. The number of anilines is 2. The average molecular weight is 351 g/mol. The first-order valence-corrected chi connectivity index (χ1v) is 9.45. The number of rotatable bonds is 3. The maximum absolute atomic E-state index is 13.1. The van der Waals surface area contributed by atoms with Gasteiger partial charge in [-0.2, -0.15) is 0 Å². The van der Waals surface area contributed by atoms with Crippen molar-refractivity contribution in [2.75, 3.05) is 49.1 Å². The molecule has 6 heteroatoms. The second-order valence-electron chi connectivity index (χ2n) is 6.87. The third-order valence-corrected chi connectivity index (χ3v) is 5.37. The van der Waals surface area contributed by atoms with Crippen molar-refractivity contribution in [1.29, 1.82) is 0 Å². The first-order valence-electron chi connectivity index (χ1n) is 9.45. The molecule has 26 heavy (non-hydrogen) atoms. The zero-order valence-corrected chi connectivity index (χ0v) is 15.3. The molecule has 0 bridgehead atoms. The van der Waals surface area contributed by atoms with Gasteiger partial charge in [0, 0.05) is 44.5 Å². The van der Waals surface area contributed by atoms with Crippen LogP contribution in [0.15, 0.2) is 36.7 Å². The quantitative estimate of drug-likeness (QED) is 0.849. The van der Waals surface area contributed by atoms with E-state index in [1.54, 1.807) is 0 Å². The number of carbonyl (C=O) groups is 1. The number of benzene rings is 1. The monoisotopic (exact) mass is 351 g/mol. The normalized spacial score (nSPS) is 17.9. The maximum Gasteiger partial charge on any atom is 0.277 e. The highest BCUT2D eigenvalue weighted by Crippen LogP contribution is 2.28. The number of para-hydroxylation sites is 1. The Morgan fingerprint density at radius 1 is 1.08 bits per heavy atom. The van der Waals surface area contributed by atoms with E-state index in [2.05, 4.69) is 32.8 Å². The van der Waals surface area contributed by atoms with E-state index in [9.17, 15) is 4.79 Å². The number of likely N-dealkylation sites (N-methyl/N-ethyl adjacent to an activating group) is 1. The van der Waals surface area contributed by atoms with Gasteiger partial charge in [0.25, 0.3) is 5.91 Å². The minimum Gasteiger partial charge on any atom is -0.354 e. The molecule has 1 amide bonds. The highest BCUT2D eigenvalue weighted by Gasteiger charge is 2.25. The van der Waals surface area contributed by atoms with Gasteiger partial charge >= 0.3 is 0 Å². The number of piperazine rings is 1. The Bertz CT molecular complexity index is 785. The van der Waals surface area contributed by atoms with Crippen molar-refractivity contribution in [3.05, 3.63) is 47.9 Å². The van der Waals surface area contributed by atoms with Crippen LogP contribution in [0.25, 0.3) is 0 Å². The van der Waals surface area contributed by atoms with Crippen molar-refractivity contribution in [3.8, 4) is 0 Å². The Hall–Kier alpha value is -2.47. The van der Waals surface area contributed by atoms with Gasteiger partial charge in [0.05, 0.1) is 0 Å². The molecule has 3 heterocycles. The Kier molecular flexibility index (Phi) is 4.84. The summed E-state index contributed by atoms with van der Waals surface area (Å²) >= 11 is 0. The van der Waals surface area contributed by atoms with E-state index in [0.29, 0.717) is 5.69 Å². The van der Waals surface area contributed by atoms with Gasteiger partial charge in [0.2, 0.25) is 0 Å². The highest BCUT2D eigenvalue weighted by atomic mass is 16.2. The van der Waals surface area contributed by atoms with Crippen molar-refractivity contribution in [2.24, 2.45) is 0 Å². The van der Waals surface area contributed by atoms with Crippen LogP contribution in [0.1, 0.15) is 29.4 Å². The largest absolute Gasteiger partial charge is 0.354 e. The molecule has 1 aromatic heterocycles. The molecular weight excluding hydrogens is 326 g/mol. The van der Waals surface area contributed by atoms with E-state index in [-0.39, 0.29) is 5.91 Å². The zero-order chi connectivity index (χ0) is 17.9. The Balaban J connectivity index is 1.55. The minimum atomic E-state index is -0.0343. The van der Waals surface area contributed by atoms with Crippen LogP contribution < -0.4 is 9.80 Å². The standard InChI is InChI=1S/C20H25N5O/c1-2-23-10-12-24(13-11-23)19-14-17(21-15-22-19)20(26)25-9-5-7-16-6-3-4-8-18(16)25/h3-4,6,8,14-15H,2,5,7,9-13H2,1H3. The lowest BCUT2D eigenvalue weighted by Gasteiger charge is -2.35. The van der Waals surface area contributed by atoms with Gasteiger partial charge in [0.1, 0.15) is 17.8 Å². The lowest BCUT2D eigenvalue weighted by molar-refractivity contribution is 0.0980. The number of aryl methyl sites for hydroxylation is 1. The summed E-state index contributed by atoms with van der Waals surface area (Å²) in [6.07, 6.45) is 3.53. The van der Waals surface area contributed by atoms with Crippen LogP contribution in [0.2, 0.25) is 0 Å². The van der Waals surface area contributed by atoms with Crippen LogP contribution in [0, 0.1) is 0 Å². The molecule has 0 atom stereocenters. The summed E-state index contributed by atoms with van der Waals surface area (Å²) in [6, 6.07) is 10.0. The van der Waals surface area contributed by atoms with Crippen LogP contribution in [0.3, 0.4) is 0 Å². The fraction of sp³-hybridized carbons (Fsp3) is 0.450. The van der Waals surface area contributed by atoms with Gasteiger partial charge in [-0.1, -0.05) is 25.1 Å². The molecule has 2 aromatic rings. The summed E-state index contributed by atoms with van der Waals surface area (Å²) < 4.78 is 0. The van der Waals surface area contributed by atoms with Crippen molar-refractivity contribution in [1.82, 2.24) is 14.9 Å². The summed E-state index contributed by atoms with van der Waals surface area (Å²) in [5.74, 6) is 0.817. The lowest BCUT2D eigenvalue weighted by Crippen LogP contribution is -2.46. The molecular formula is C20H25N5O. The van der Waals surface area contributed by atoms with Gasteiger partial charge in [-0.15, -0.1) is 0 Å². The van der Waals surface area contributed by atoms with Crippen LogP contribution in [0.4, 0.5) is 11.5 Å². The second kappa shape index (κ2) is 7.41. The van der Waals surface area contributed by atoms with Crippen molar-refractivity contribution in [3.63, 3.8) is 0 Å². The average Bonchev–Trinajstić information content (AvgIpc) is 2.73. The van der Waals surface area contributed by atoms with Crippen molar-refractivity contribution >= 4 is 17.4 Å². The number of hydrogen-bond acceptors (Lipinski definition) is 5. The fourth-order valence-electron chi connectivity index (χ4n) is 3.81. The maximum atomic E-state index is 13.1. The van der Waals surface area contributed by atoms with Crippen LogP contribution in [0.5, 0.6) is 0 Å². The minimum absolute atomic E-state index is 0.0343. The van der Waals surface area contributed by atoms with Crippen LogP contribution in [-0.2, 0) is 6.42 Å². The van der Waals surface area contributed by atoms with Gasteiger partial charge in [-0.3, -0.25) is 4.79 Å². The molecule has 136 valence electrons.